The molecule has 2 rings (SSSR count). The first-order chi connectivity index (χ1) is 11.5. The van der Waals surface area contributed by atoms with E-state index in [-0.39, 0.29) is 5.91 Å². The van der Waals surface area contributed by atoms with Crippen LogP contribution in [0.3, 0.4) is 0 Å². The van der Waals surface area contributed by atoms with Crippen LogP contribution in [0.5, 0.6) is 0 Å². The monoisotopic (exact) mass is 325 g/mol. The van der Waals surface area contributed by atoms with Crippen molar-refractivity contribution in [3.8, 4) is 6.07 Å². The number of aromatic nitrogens is 2. The smallest absolute Gasteiger partial charge is 0.221 e. The maximum absolute atomic E-state index is 11.0. The summed E-state index contributed by atoms with van der Waals surface area (Å²) >= 11 is 0. The number of anilines is 2. The van der Waals surface area contributed by atoms with E-state index in [9.17, 15) is 10.1 Å². The van der Waals surface area contributed by atoms with Crippen molar-refractivity contribution in [1.29, 1.82) is 5.26 Å². The Hall–Kier alpha value is -3.34. The summed E-state index contributed by atoms with van der Waals surface area (Å²) < 4.78 is 0. The molecule has 124 valence electrons. The Balaban J connectivity index is 2.04. The summed E-state index contributed by atoms with van der Waals surface area (Å²) in [5.74, 6) is 0.755. The van der Waals surface area contributed by atoms with E-state index in [0.717, 1.165) is 11.3 Å². The minimum atomic E-state index is -0.109. The lowest BCUT2D eigenvalue weighted by atomic mass is 10.2. The topological polar surface area (TPSA) is 109 Å². The molecule has 1 aromatic heterocycles. The largest absolute Gasteiger partial charge is 0.369 e. The highest BCUT2D eigenvalue weighted by molar-refractivity contribution is 5.88. The van der Waals surface area contributed by atoms with Crippen LogP contribution >= 0.6 is 0 Å². The van der Waals surface area contributed by atoms with Gasteiger partial charge < -0.3 is 15.5 Å². The van der Waals surface area contributed by atoms with Crippen molar-refractivity contribution in [2.24, 2.45) is 4.99 Å². The van der Waals surface area contributed by atoms with E-state index in [1.165, 1.54) is 6.92 Å². The minimum Gasteiger partial charge on any atom is -0.369 e. The van der Waals surface area contributed by atoms with Crippen LogP contribution in [0.25, 0.3) is 0 Å². The molecule has 0 spiro atoms. The predicted molar refractivity (Wildman–Crippen MR) is 93.2 cm³/mol. The zero-order valence-electron chi connectivity index (χ0n) is 13.8. The number of nitriles is 1. The van der Waals surface area contributed by atoms with E-state index in [0.29, 0.717) is 23.7 Å². The van der Waals surface area contributed by atoms with Crippen molar-refractivity contribution in [2.75, 3.05) is 24.7 Å². The molecular formula is C16H19N7O. The number of amides is 1. The Morgan fingerprint density at radius 2 is 2.12 bits per heavy atom. The second-order valence-electron chi connectivity index (χ2n) is 5.35. The number of rotatable bonds is 6. The number of nitrogens with one attached hydrogen (secondary N) is 3. The average molecular weight is 325 g/mol. The molecule has 0 saturated carbocycles. The average Bonchev–Trinajstić information content (AvgIpc) is 2.93. The molecule has 1 heterocycles. The quantitative estimate of drug-likeness (QED) is 0.556. The summed E-state index contributed by atoms with van der Waals surface area (Å²) in [4.78, 5) is 16.9. The Labute approximate surface area is 140 Å². The van der Waals surface area contributed by atoms with E-state index in [1.807, 2.05) is 38.4 Å². The summed E-state index contributed by atoms with van der Waals surface area (Å²) in [6, 6.07) is 9.52. The SMILES string of the molecule is CC(=O)Nc1ccc(CNc2n[nH]c(/N=C/N(C)C)c2C#N)cc1. The van der Waals surface area contributed by atoms with Gasteiger partial charge in [-0.25, -0.2) is 4.99 Å². The summed E-state index contributed by atoms with van der Waals surface area (Å²) in [6.45, 7) is 1.96. The fourth-order valence-corrected chi connectivity index (χ4v) is 1.93. The Bertz CT molecular complexity index is 769. The molecule has 0 saturated heterocycles. The number of aromatic amines is 1. The fraction of sp³-hybridized carbons (Fsp3) is 0.250. The normalized spacial score (nSPS) is 10.4. The Kier molecular flexibility index (Phi) is 5.52. The van der Waals surface area contributed by atoms with Crippen molar-refractivity contribution >= 4 is 29.6 Å². The molecule has 0 aliphatic rings. The number of nitrogens with zero attached hydrogens (tertiary/aromatic N) is 4. The van der Waals surface area contributed by atoms with Crippen molar-refractivity contribution in [3.05, 3.63) is 35.4 Å². The number of aliphatic imine (C=N–C) groups is 1. The van der Waals surface area contributed by atoms with Crippen molar-refractivity contribution in [2.45, 2.75) is 13.5 Å². The first kappa shape index (κ1) is 17.0. The van der Waals surface area contributed by atoms with Crippen molar-refractivity contribution in [3.63, 3.8) is 0 Å². The van der Waals surface area contributed by atoms with E-state index < -0.39 is 0 Å². The van der Waals surface area contributed by atoms with Gasteiger partial charge in [0.05, 0.1) is 6.34 Å². The highest BCUT2D eigenvalue weighted by atomic mass is 16.1. The van der Waals surface area contributed by atoms with Crippen LogP contribution in [0.15, 0.2) is 29.3 Å². The molecule has 8 nitrogen and oxygen atoms in total. The maximum atomic E-state index is 11.0. The molecule has 0 aliphatic heterocycles. The van der Waals surface area contributed by atoms with Gasteiger partial charge in [-0.2, -0.15) is 10.4 Å². The summed E-state index contributed by atoms with van der Waals surface area (Å²) in [6.07, 6.45) is 1.60. The van der Waals surface area contributed by atoms with Crippen LogP contribution < -0.4 is 10.6 Å². The number of carbonyl (C=O) groups is 1. The van der Waals surface area contributed by atoms with E-state index >= 15 is 0 Å². The van der Waals surface area contributed by atoms with Gasteiger partial charge in [0.2, 0.25) is 5.91 Å². The molecule has 2 aromatic rings. The van der Waals surface area contributed by atoms with Gasteiger partial charge in [-0.05, 0) is 17.7 Å². The zero-order chi connectivity index (χ0) is 17.5. The molecule has 8 heteroatoms. The molecule has 1 aromatic carbocycles. The molecule has 0 unspecified atom stereocenters. The second-order valence-corrected chi connectivity index (χ2v) is 5.35. The molecule has 24 heavy (non-hydrogen) atoms. The van der Waals surface area contributed by atoms with Crippen LogP contribution in [0, 0.1) is 11.3 Å². The number of hydrogen-bond donors (Lipinski definition) is 3. The summed E-state index contributed by atoms with van der Waals surface area (Å²) in [5, 5.41) is 21.9. The van der Waals surface area contributed by atoms with Crippen LogP contribution in [0.4, 0.5) is 17.3 Å². The highest BCUT2D eigenvalue weighted by Crippen LogP contribution is 2.23. The molecule has 1 amide bonds. The Morgan fingerprint density at radius 3 is 2.71 bits per heavy atom. The van der Waals surface area contributed by atoms with E-state index in [2.05, 4.69) is 31.9 Å². The lowest BCUT2D eigenvalue weighted by Gasteiger charge is -2.06. The van der Waals surface area contributed by atoms with Crippen LogP contribution in [0.2, 0.25) is 0 Å². The van der Waals surface area contributed by atoms with Gasteiger partial charge in [0.25, 0.3) is 0 Å². The number of hydrogen-bond acceptors (Lipinski definition) is 5. The number of H-pyrrole nitrogens is 1. The predicted octanol–water partition coefficient (Wildman–Crippen LogP) is 2.07. The molecule has 0 fully saturated rings. The third-order valence-electron chi connectivity index (χ3n) is 3.01. The zero-order valence-corrected chi connectivity index (χ0v) is 13.8. The fourth-order valence-electron chi connectivity index (χ4n) is 1.93. The van der Waals surface area contributed by atoms with Crippen molar-refractivity contribution in [1.82, 2.24) is 15.1 Å². The van der Waals surface area contributed by atoms with Crippen LogP contribution in [-0.4, -0.2) is 41.4 Å². The lowest BCUT2D eigenvalue weighted by Crippen LogP contribution is -2.07. The van der Waals surface area contributed by atoms with Gasteiger partial charge in [0.15, 0.2) is 11.6 Å². The number of benzene rings is 1. The van der Waals surface area contributed by atoms with Gasteiger partial charge in [-0.3, -0.25) is 9.89 Å². The summed E-state index contributed by atoms with van der Waals surface area (Å²) in [5.41, 5.74) is 2.10. The molecule has 3 N–H and O–H groups in total. The standard InChI is InChI=1S/C16H19N7O/c1-11(24)20-13-6-4-12(5-7-13)9-18-15-14(8-17)16(22-21-15)19-10-23(2)3/h4-7,10H,9H2,1-3H3,(H,20,24)(H2,18,21,22)/b19-10+. The first-order valence-electron chi connectivity index (χ1n) is 7.29. The van der Waals surface area contributed by atoms with Crippen LogP contribution in [0.1, 0.15) is 18.1 Å². The third kappa shape index (κ3) is 4.58. The van der Waals surface area contributed by atoms with E-state index in [1.54, 1.807) is 11.2 Å². The first-order valence-corrected chi connectivity index (χ1v) is 7.29. The molecule has 0 radical (unpaired) electrons. The van der Waals surface area contributed by atoms with Gasteiger partial charge >= 0.3 is 0 Å². The van der Waals surface area contributed by atoms with Gasteiger partial charge in [-0.1, -0.05) is 12.1 Å². The second kappa shape index (κ2) is 7.78. The molecule has 0 atom stereocenters. The minimum absolute atomic E-state index is 0.109. The van der Waals surface area contributed by atoms with E-state index in [4.69, 9.17) is 0 Å². The maximum Gasteiger partial charge on any atom is 0.221 e. The number of carbonyl (C=O) groups excluding carboxylic acids is 1. The molecular weight excluding hydrogens is 306 g/mol. The highest BCUT2D eigenvalue weighted by Gasteiger charge is 2.11. The lowest BCUT2D eigenvalue weighted by molar-refractivity contribution is -0.114. The third-order valence-corrected chi connectivity index (χ3v) is 3.01. The summed E-state index contributed by atoms with van der Waals surface area (Å²) in [7, 11) is 3.69. The molecule has 0 aliphatic carbocycles. The van der Waals surface area contributed by atoms with Gasteiger partial charge in [-0.15, -0.1) is 0 Å². The van der Waals surface area contributed by atoms with Gasteiger partial charge in [0.1, 0.15) is 11.6 Å². The van der Waals surface area contributed by atoms with Crippen LogP contribution in [-0.2, 0) is 11.3 Å². The Morgan fingerprint density at radius 1 is 1.42 bits per heavy atom. The van der Waals surface area contributed by atoms with Crippen molar-refractivity contribution < 1.29 is 4.79 Å². The van der Waals surface area contributed by atoms with Gasteiger partial charge in [0, 0.05) is 33.3 Å². The molecule has 0 bridgehead atoms.